The number of halogens is 2. The van der Waals surface area contributed by atoms with E-state index in [4.69, 9.17) is 5.73 Å². The number of carbonyl (C=O) groups is 2. The SMILES string of the molecule is Cc1ccc2cccc(C(=O)Nc3cc(C(N)=O)c(F)cc3F)c2n1. The number of para-hydroxylation sites is 1. The largest absolute Gasteiger partial charge is 0.366 e. The number of anilines is 1. The van der Waals surface area contributed by atoms with Gasteiger partial charge in [-0.25, -0.2) is 8.78 Å². The van der Waals surface area contributed by atoms with E-state index in [0.717, 1.165) is 17.1 Å². The van der Waals surface area contributed by atoms with Gasteiger partial charge in [0, 0.05) is 17.1 Å². The van der Waals surface area contributed by atoms with Gasteiger partial charge in [0.1, 0.15) is 11.6 Å². The Balaban J connectivity index is 2.03. The highest BCUT2D eigenvalue weighted by atomic mass is 19.1. The van der Waals surface area contributed by atoms with E-state index < -0.39 is 29.0 Å². The van der Waals surface area contributed by atoms with Gasteiger partial charge >= 0.3 is 0 Å². The normalized spacial score (nSPS) is 10.7. The number of primary amides is 1. The first kappa shape index (κ1) is 16.5. The molecular formula is C18H13F2N3O2. The van der Waals surface area contributed by atoms with Gasteiger partial charge in [-0.2, -0.15) is 0 Å². The first-order valence-electron chi connectivity index (χ1n) is 7.33. The molecule has 1 aromatic heterocycles. The number of rotatable bonds is 3. The van der Waals surface area contributed by atoms with Crippen molar-refractivity contribution in [2.75, 3.05) is 5.32 Å². The maximum Gasteiger partial charge on any atom is 0.257 e. The van der Waals surface area contributed by atoms with Gasteiger partial charge in [0.15, 0.2) is 0 Å². The second-order valence-corrected chi connectivity index (χ2v) is 5.46. The highest BCUT2D eigenvalue weighted by Crippen LogP contribution is 2.22. The van der Waals surface area contributed by atoms with Crippen LogP contribution in [0.4, 0.5) is 14.5 Å². The van der Waals surface area contributed by atoms with Crippen LogP contribution in [0, 0.1) is 18.6 Å². The Labute approximate surface area is 141 Å². The smallest absolute Gasteiger partial charge is 0.257 e. The van der Waals surface area contributed by atoms with Crippen LogP contribution < -0.4 is 11.1 Å². The molecule has 5 nitrogen and oxygen atoms in total. The third kappa shape index (κ3) is 3.16. The fourth-order valence-corrected chi connectivity index (χ4v) is 2.45. The van der Waals surface area contributed by atoms with Crippen LogP contribution in [0.3, 0.4) is 0 Å². The molecule has 2 aromatic carbocycles. The van der Waals surface area contributed by atoms with Gasteiger partial charge in [-0.1, -0.05) is 18.2 Å². The molecule has 1 heterocycles. The first-order chi connectivity index (χ1) is 11.9. The summed E-state index contributed by atoms with van der Waals surface area (Å²) < 4.78 is 27.5. The van der Waals surface area contributed by atoms with Crippen LogP contribution in [0.2, 0.25) is 0 Å². The summed E-state index contributed by atoms with van der Waals surface area (Å²) in [6.07, 6.45) is 0. The lowest BCUT2D eigenvalue weighted by molar-refractivity contribution is 0.0992. The van der Waals surface area contributed by atoms with E-state index in [2.05, 4.69) is 10.3 Å². The van der Waals surface area contributed by atoms with Crippen LogP contribution >= 0.6 is 0 Å². The Morgan fingerprint density at radius 1 is 1.04 bits per heavy atom. The van der Waals surface area contributed by atoms with Crippen molar-refractivity contribution in [1.29, 1.82) is 0 Å². The average Bonchev–Trinajstić information content (AvgIpc) is 2.56. The summed E-state index contributed by atoms with van der Waals surface area (Å²) in [6.45, 7) is 1.78. The molecule has 126 valence electrons. The van der Waals surface area contributed by atoms with Crippen LogP contribution in [0.5, 0.6) is 0 Å². The summed E-state index contributed by atoms with van der Waals surface area (Å²) in [5.41, 5.74) is 5.59. The molecule has 3 rings (SSSR count). The summed E-state index contributed by atoms with van der Waals surface area (Å²) in [5, 5.41) is 3.08. The molecule has 3 aromatic rings. The molecular weight excluding hydrogens is 328 g/mol. The lowest BCUT2D eigenvalue weighted by Crippen LogP contribution is -2.17. The minimum Gasteiger partial charge on any atom is -0.366 e. The lowest BCUT2D eigenvalue weighted by atomic mass is 10.1. The summed E-state index contributed by atoms with van der Waals surface area (Å²) in [5.74, 6) is -3.80. The molecule has 0 unspecified atom stereocenters. The Morgan fingerprint density at radius 2 is 1.80 bits per heavy atom. The van der Waals surface area contributed by atoms with Gasteiger partial charge in [-0.15, -0.1) is 0 Å². The van der Waals surface area contributed by atoms with E-state index in [1.165, 1.54) is 0 Å². The molecule has 0 atom stereocenters. The van der Waals surface area contributed by atoms with Gasteiger partial charge in [-0.05, 0) is 25.1 Å². The Hall–Kier alpha value is -3.35. The van der Waals surface area contributed by atoms with Crippen molar-refractivity contribution in [1.82, 2.24) is 4.98 Å². The standard InChI is InChI=1S/C18H13F2N3O2/c1-9-5-6-10-3-2-4-11(16(10)22-9)18(25)23-15-7-12(17(21)24)13(19)8-14(15)20/h2-8H,1H3,(H2,21,24)(H,23,25). The Bertz CT molecular complexity index is 1020. The topological polar surface area (TPSA) is 85.1 Å². The summed E-state index contributed by atoms with van der Waals surface area (Å²) in [6, 6.07) is 10.0. The Morgan fingerprint density at radius 3 is 2.52 bits per heavy atom. The predicted molar refractivity (Wildman–Crippen MR) is 89.3 cm³/mol. The first-order valence-corrected chi connectivity index (χ1v) is 7.33. The molecule has 3 N–H and O–H groups in total. The number of hydrogen-bond acceptors (Lipinski definition) is 3. The molecule has 0 saturated carbocycles. The number of nitrogens with zero attached hydrogens (tertiary/aromatic N) is 1. The molecule has 0 aliphatic rings. The van der Waals surface area contributed by atoms with E-state index in [1.807, 2.05) is 12.1 Å². The van der Waals surface area contributed by atoms with Crippen molar-refractivity contribution in [2.45, 2.75) is 6.92 Å². The van der Waals surface area contributed by atoms with Crippen LogP contribution in [-0.2, 0) is 0 Å². The second-order valence-electron chi connectivity index (χ2n) is 5.46. The summed E-state index contributed by atoms with van der Waals surface area (Å²) in [4.78, 5) is 28.1. The molecule has 25 heavy (non-hydrogen) atoms. The number of nitrogens with one attached hydrogen (secondary N) is 1. The van der Waals surface area contributed by atoms with Gasteiger partial charge in [-0.3, -0.25) is 14.6 Å². The molecule has 0 aliphatic carbocycles. The molecule has 7 heteroatoms. The zero-order valence-corrected chi connectivity index (χ0v) is 13.1. The monoisotopic (exact) mass is 341 g/mol. The third-order valence-electron chi connectivity index (χ3n) is 3.67. The zero-order valence-electron chi connectivity index (χ0n) is 13.1. The van der Waals surface area contributed by atoms with E-state index in [0.29, 0.717) is 11.6 Å². The molecule has 0 fully saturated rings. The number of carbonyl (C=O) groups excluding carboxylic acids is 2. The molecule has 0 bridgehead atoms. The number of aryl methyl sites for hydroxylation is 1. The fraction of sp³-hybridized carbons (Fsp3) is 0.0556. The van der Waals surface area contributed by atoms with E-state index in [9.17, 15) is 18.4 Å². The number of benzene rings is 2. The minimum atomic E-state index is -1.09. The molecule has 0 spiro atoms. The van der Waals surface area contributed by atoms with Gasteiger partial charge in [0.2, 0.25) is 0 Å². The van der Waals surface area contributed by atoms with Crippen molar-refractivity contribution < 1.29 is 18.4 Å². The number of aromatic nitrogens is 1. The van der Waals surface area contributed by atoms with E-state index in [-0.39, 0.29) is 11.3 Å². The number of amides is 2. The van der Waals surface area contributed by atoms with Gasteiger partial charge < -0.3 is 11.1 Å². The number of fused-ring (bicyclic) bond motifs is 1. The van der Waals surface area contributed by atoms with Crippen LogP contribution in [0.1, 0.15) is 26.4 Å². The van der Waals surface area contributed by atoms with Crippen LogP contribution in [0.25, 0.3) is 10.9 Å². The number of hydrogen-bond donors (Lipinski definition) is 2. The number of pyridine rings is 1. The maximum absolute atomic E-state index is 13.9. The van der Waals surface area contributed by atoms with Crippen molar-refractivity contribution in [2.24, 2.45) is 5.73 Å². The second kappa shape index (κ2) is 6.27. The van der Waals surface area contributed by atoms with Crippen molar-refractivity contribution in [3.63, 3.8) is 0 Å². The van der Waals surface area contributed by atoms with Crippen molar-refractivity contribution in [3.8, 4) is 0 Å². The minimum absolute atomic E-state index is 0.227. The van der Waals surface area contributed by atoms with Crippen molar-refractivity contribution in [3.05, 3.63) is 70.9 Å². The highest BCUT2D eigenvalue weighted by Gasteiger charge is 2.17. The predicted octanol–water partition coefficient (Wildman–Crippen LogP) is 3.17. The van der Waals surface area contributed by atoms with Crippen LogP contribution in [-0.4, -0.2) is 16.8 Å². The molecule has 0 aliphatic heterocycles. The zero-order chi connectivity index (χ0) is 18.1. The Kier molecular flexibility index (Phi) is 4.14. The van der Waals surface area contributed by atoms with Crippen LogP contribution in [0.15, 0.2) is 42.5 Å². The van der Waals surface area contributed by atoms with Gasteiger partial charge in [0.05, 0.1) is 22.3 Å². The van der Waals surface area contributed by atoms with E-state index >= 15 is 0 Å². The summed E-state index contributed by atoms with van der Waals surface area (Å²) in [7, 11) is 0. The quantitative estimate of drug-likeness (QED) is 0.767. The average molecular weight is 341 g/mol. The lowest BCUT2D eigenvalue weighted by Gasteiger charge is -2.10. The van der Waals surface area contributed by atoms with Crippen molar-refractivity contribution >= 4 is 28.4 Å². The third-order valence-corrected chi connectivity index (χ3v) is 3.67. The fourth-order valence-electron chi connectivity index (χ4n) is 2.45. The molecule has 2 amide bonds. The maximum atomic E-state index is 13.9. The molecule has 0 saturated heterocycles. The van der Waals surface area contributed by atoms with Gasteiger partial charge in [0.25, 0.3) is 11.8 Å². The number of nitrogens with two attached hydrogens (primary N) is 1. The van der Waals surface area contributed by atoms with E-state index in [1.54, 1.807) is 25.1 Å². The highest BCUT2D eigenvalue weighted by molar-refractivity contribution is 6.12. The summed E-state index contributed by atoms with van der Waals surface area (Å²) >= 11 is 0. The molecule has 0 radical (unpaired) electrons.